The standard InChI is InChI=1S/C26H32N6/c1-2-7-24-20(4-1)8-9-22(28-24)19-30-12-10-21-18-27-26(29-25(21)11-13-30)32-16-14-31(15-17-32)23-5-3-6-23/h1-2,4,7-9,18,23H,3,5-6,10-17,19H2. The molecule has 2 aliphatic heterocycles. The minimum atomic E-state index is 0.841. The number of piperazine rings is 1. The molecule has 0 amide bonds. The molecule has 1 saturated heterocycles. The first-order valence-corrected chi connectivity index (χ1v) is 12.2. The van der Waals surface area contributed by atoms with Crippen molar-refractivity contribution in [1.82, 2.24) is 24.8 Å². The van der Waals surface area contributed by atoms with E-state index in [-0.39, 0.29) is 0 Å². The molecule has 1 aliphatic carbocycles. The van der Waals surface area contributed by atoms with Gasteiger partial charge in [0.15, 0.2) is 0 Å². The van der Waals surface area contributed by atoms with Gasteiger partial charge in [0.25, 0.3) is 0 Å². The molecule has 32 heavy (non-hydrogen) atoms. The van der Waals surface area contributed by atoms with Gasteiger partial charge >= 0.3 is 0 Å². The van der Waals surface area contributed by atoms with Crippen LogP contribution >= 0.6 is 0 Å². The Labute approximate surface area is 190 Å². The van der Waals surface area contributed by atoms with Gasteiger partial charge in [-0.1, -0.05) is 30.7 Å². The van der Waals surface area contributed by atoms with Gasteiger partial charge in [-0.15, -0.1) is 0 Å². The minimum absolute atomic E-state index is 0.841. The molecular weight excluding hydrogens is 396 g/mol. The van der Waals surface area contributed by atoms with Gasteiger partial charge in [-0.05, 0) is 37.0 Å². The van der Waals surface area contributed by atoms with Gasteiger partial charge < -0.3 is 4.90 Å². The van der Waals surface area contributed by atoms with Gasteiger partial charge in [-0.2, -0.15) is 0 Å². The predicted octanol–water partition coefficient (Wildman–Crippen LogP) is 3.30. The summed E-state index contributed by atoms with van der Waals surface area (Å²) in [7, 11) is 0. The van der Waals surface area contributed by atoms with Crippen molar-refractivity contribution in [2.75, 3.05) is 44.2 Å². The lowest BCUT2D eigenvalue weighted by Crippen LogP contribution is -2.52. The third-order valence-corrected chi connectivity index (χ3v) is 7.53. The molecule has 1 saturated carbocycles. The first kappa shape index (κ1) is 20.1. The normalized spacial score (nSPS) is 20.7. The van der Waals surface area contributed by atoms with E-state index in [1.807, 2.05) is 0 Å². The van der Waals surface area contributed by atoms with Crippen LogP contribution < -0.4 is 4.90 Å². The molecule has 1 aromatic carbocycles. The molecule has 166 valence electrons. The van der Waals surface area contributed by atoms with Gasteiger partial charge in [0.2, 0.25) is 5.95 Å². The Morgan fingerprint density at radius 3 is 2.53 bits per heavy atom. The second-order valence-electron chi connectivity index (χ2n) is 9.52. The van der Waals surface area contributed by atoms with Crippen molar-refractivity contribution in [2.45, 2.75) is 44.7 Å². The molecule has 0 unspecified atom stereocenters. The Morgan fingerprint density at radius 2 is 1.69 bits per heavy atom. The number of para-hydroxylation sites is 1. The summed E-state index contributed by atoms with van der Waals surface area (Å²) in [4.78, 5) is 22.2. The lowest BCUT2D eigenvalue weighted by Gasteiger charge is -2.43. The summed E-state index contributed by atoms with van der Waals surface area (Å²) in [5.74, 6) is 0.932. The fourth-order valence-corrected chi connectivity index (χ4v) is 5.29. The molecule has 3 aromatic rings. The van der Waals surface area contributed by atoms with Gasteiger partial charge in [-0.25, -0.2) is 9.97 Å². The number of hydrogen-bond acceptors (Lipinski definition) is 6. The number of anilines is 1. The second-order valence-corrected chi connectivity index (χ2v) is 9.52. The molecule has 4 heterocycles. The molecule has 2 aromatic heterocycles. The van der Waals surface area contributed by atoms with Crippen molar-refractivity contribution in [3.8, 4) is 0 Å². The Balaban J connectivity index is 1.10. The van der Waals surface area contributed by atoms with Gasteiger partial charge in [-0.3, -0.25) is 14.8 Å². The minimum Gasteiger partial charge on any atom is -0.338 e. The fraction of sp³-hybridized carbons (Fsp3) is 0.500. The maximum absolute atomic E-state index is 5.04. The zero-order valence-electron chi connectivity index (χ0n) is 18.8. The Kier molecular flexibility index (Phi) is 5.49. The molecule has 2 fully saturated rings. The average Bonchev–Trinajstić information content (AvgIpc) is 3.00. The van der Waals surface area contributed by atoms with Crippen LogP contribution in [-0.2, 0) is 19.4 Å². The van der Waals surface area contributed by atoms with Crippen LogP contribution in [0.4, 0.5) is 5.95 Å². The molecule has 6 nitrogen and oxygen atoms in total. The van der Waals surface area contributed by atoms with E-state index in [9.17, 15) is 0 Å². The number of benzene rings is 1. The lowest BCUT2D eigenvalue weighted by molar-refractivity contribution is 0.120. The largest absolute Gasteiger partial charge is 0.338 e. The van der Waals surface area contributed by atoms with E-state index >= 15 is 0 Å². The summed E-state index contributed by atoms with van der Waals surface area (Å²) in [6, 6.07) is 13.5. The number of aromatic nitrogens is 3. The Morgan fingerprint density at radius 1 is 0.844 bits per heavy atom. The van der Waals surface area contributed by atoms with Gasteiger partial charge in [0.1, 0.15) is 0 Å². The van der Waals surface area contributed by atoms with Crippen LogP contribution in [0, 0.1) is 0 Å². The van der Waals surface area contributed by atoms with E-state index in [0.29, 0.717) is 0 Å². The van der Waals surface area contributed by atoms with Crippen LogP contribution in [0.15, 0.2) is 42.6 Å². The highest BCUT2D eigenvalue weighted by atomic mass is 15.3. The van der Waals surface area contributed by atoms with E-state index < -0.39 is 0 Å². The van der Waals surface area contributed by atoms with E-state index in [0.717, 1.165) is 81.9 Å². The highest BCUT2D eigenvalue weighted by Crippen LogP contribution is 2.26. The molecule has 6 rings (SSSR count). The first-order chi connectivity index (χ1) is 15.8. The number of fused-ring (bicyclic) bond motifs is 2. The van der Waals surface area contributed by atoms with Crippen LogP contribution in [0.25, 0.3) is 10.9 Å². The molecule has 6 heteroatoms. The third kappa shape index (κ3) is 4.09. The van der Waals surface area contributed by atoms with Crippen molar-refractivity contribution in [3.63, 3.8) is 0 Å². The summed E-state index contributed by atoms with van der Waals surface area (Å²) in [6.45, 7) is 7.35. The van der Waals surface area contributed by atoms with Crippen molar-refractivity contribution in [1.29, 1.82) is 0 Å². The predicted molar refractivity (Wildman–Crippen MR) is 128 cm³/mol. The molecule has 0 radical (unpaired) electrons. The SMILES string of the molecule is c1ccc2nc(CN3CCc4cnc(N5CCN(C6CCC6)CC5)nc4CC3)ccc2c1. The van der Waals surface area contributed by atoms with Crippen LogP contribution in [0.5, 0.6) is 0 Å². The second kappa shape index (κ2) is 8.75. The molecule has 0 spiro atoms. The zero-order chi connectivity index (χ0) is 21.3. The number of pyridine rings is 1. The van der Waals surface area contributed by atoms with Crippen LogP contribution in [0.2, 0.25) is 0 Å². The van der Waals surface area contributed by atoms with Gasteiger partial charge in [0.05, 0.1) is 16.9 Å². The zero-order valence-corrected chi connectivity index (χ0v) is 18.8. The third-order valence-electron chi connectivity index (χ3n) is 7.53. The fourth-order valence-electron chi connectivity index (χ4n) is 5.29. The number of rotatable bonds is 4. The highest BCUT2D eigenvalue weighted by Gasteiger charge is 2.29. The molecule has 0 bridgehead atoms. The summed E-state index contributed by atoms with van der Waals surface area (Å²) >= 11 is 0. The summed E-state index contributed by atoms with van der Waals surface area (Å²) < 4.78 is 0. The Hall–Kier alpha value is -2.57. The number of hydrogen-bond donors (Lipinski definition) is 0. The lowest BCUT2D eigenvalue weighted by atomic mass is 9.91. The Bertz CT molecular complexity index is 1090. The summed E-state index contributed by atoms with van der Waals surface area (Å²) in [6.07, 6.45) is 8.28. The van der Waals surface area contributed by atoms with Crippen molar-refractivity contribution in [2.24, 2.45) is 0 Å². The quantitative estimate of drug-likeness (QED) is 0.636. The van der Waals surface area contributed by atoms with E-state index in [1.165, 1.54) is 35.9 Å². The van der Waals surface area contributed by atoms with E-state index in [4.69, 9.17) is 15.0 Å². The molecular formula is C26H32N6. The highest BCUT2D eigenvalue weighted by molar-refractivity contribution is 5.78. The van der Waals surface area contributed by atoms with E-state index in [2.05, 4.69) is 57.3 Å². The van der Waals surface area contributed by atoms with Crippen LogP contribution in [-0.4, -0.2) is 70.1 Å². The van der Waals surface area contributed by atoms with Crippen molar-refractivity contribution < 1.29 is 0 Å². The summed E-state index contributed by atoms with van der Waals surface area (Å²) in [5, 5.41) is 1.20. The molecule has 0 atom stereocenters. The monoisotopic (exact) mass is 428 g/mol. The smallest absolute Gasteiger partial charge is 0.225 e. The van der Waals surface area contributed by atoms with Gasteiger partial charge in [0, 0.05) is 69.9 Å². The van der Waals surface area contributed by atoms with Crippen LogP contribution in [0.1, 0.15) is 36.2 Å². The maximum Gasteiger partial charge on any atom is 0.225 e. The first-order valence-electron chi connectivity index (χ1n) is 12.2. The molecule has 0 N–H and O–H groups in total. The topological polar surface area (TPSA) is 48.4 Å². The van der Waals surface area contributed by atoms with Crippen LogP contribution in [0.3, 0.4) is 0 Å². The number of nitrogens with zero attached hydrogens (tertiary/aromatic N) is 6. The maximum atomic E-state index is 5.04. The van der Waals surface area contributed by atoms with E-state index in [1.54, 1.807) is 0 Å². The summed E-state index contributed by atoms with van der Waals surface area (Å²) in [5.41, 5.74) is 4.78. The van der Waals surface area contributed by atoms with Crippen molar-refractivity contribution in [3.05, 3.63) is 59.5 Å². The average molecular weight is 429 g/mol. The molecule has 3 aliphatic rings. The van der Waals surface area contributed by atoms with Crippen molar-refractivity contribution >= 4 is 16.9 Å².